The van der Waals surface area contributed by atoms with Crippen molar-refractivity contribution < 1.29 is 9.59 Å². The van der Waals surface area contributed by atoms with Gasteiger partial charge in [-0.3, -0.25) is 14.3 Å². The van der Waals surface area contributed by atoms with E-state index in [-0.39, 0.29) is 11.6 Å². The SMILES string of the molecule is CCn1cc(C(=O)/C=C/N2CCC(C(C)=O)(c3ccccc3)CC2)c(C)n1. The van der Waals surface area contributed by atoms with Crippen molar-refractivity contribution in [3.8, 4) is 0 Å². The summed E-state index contributed by atoms with van der Waals surface area (Å²) in [6.45, 7) is 7.80. The van der Waals surface area contributed by atoms with E-state index in [9.17, 15) is 9.59 Å². The monoisotopic (exact) mass is 365 g/mol. The van der Waals surface area contributed by atoms with E-state index in [1.165, 1.54) is 0 Å². The van der Waals surface area contributed by atoms with Crippen molar-refractivity contribution in [3.63, 3.8) is 0 Å². The molecule has 0 amide bonds. The quantitative estimate of drug-likeness (QED) is 0.580. The second kappa shape index (κ2) is 7.91. The lowest BCUT2D eigenvalue weighted by molar-refractivity contribution is -0.124. The maximum atomic E-state index is 12.5. The van der Waals surface area contributed by atoms with E-state index in [0.717, 1.165) is 43.7 Å². The molecule has 0 N–H and O–H groups in total. The first-order valence-corrected chi connectivity index (χ1v) is 9.53. The number of rotatable bonds is 6. The van der Waals surface area contributed by atoms with Gasteiger partial charge in [0, 0.05) is 38.1 Å². The predicted octanol–water partition coefficient (Wildman–Crippen LogP) is 3.53. The Balaban J connectivity index is 1.68. The molecule has 1 aromatic carbocycles. The van der Waals surface area contributed by atoms with Crippen molar-refractivity contribution in [2.75, 3.05) is 13.1 Å². The fraction of sp³-hybridized carbons (Fsp3) is 0.409. The third kappa shape index (κ3) is 3.87. The highest BCUT2D eigenvalue weighted by Gasteiger charge is 2.39. The van der Waals surface area contributed by atoms with E-state index < -0.39 is 5.41 Å². The molecule has 1 fully saturated rings. The molecule has 1 saturated heterocycles. The Morgan fingerprint density at radius 1 is 1.19 bits per heavy atom. The molecule has 5 heteroatoms. The number of hydrogen-bond donors (Lipinski definition) is 0. The predicted molar refractivity (Wildman–Crippen MR) is 106 cm³/mol. The van der Waals surface area contributed by atoms with Crippen LogP contribution in [0.5, 0.6) is 0 Å². The number of carbonyl (C=O) groups excluding carboxylic acids is 2. The number of likely N-dealkylation sites (tertiary alicyclic amines) is 1. The first-order chi connectivity index (χ1) is 13.0. The molecule has 0 bridgehead atoms. The molecular weight excluding hydrogens is 338 g/mol. The average Bonchev–Trinajstić information content (AvgIpc) is 3.08. The number of allylic oxidation sites excluding steroid dienone is 1. The van der Waals surface area contributed by atoms with Crippen LogP contribution in [-0.4, -0.2) is 39.3 Å². The summed E-state index contributed by atoms with van der Waals surface area (Å²) in [5, 5.41) is 4.33. The van der Waals surface area contributed by atoms with Gasteiger partial charge in [0.25, 0.3) is 0 Å². The summed E-state index contributed by atoms with van der Waals surface area (Å²) in [7, 11) is 0. The molecule has 1 aliphatic rings. The minimum Gasteiger partial charge on any atom is -0.377 e. The van der Waals surface area contributed by atoms with Crippen LogP contribution in [0.2, 0.25) is 0 Å². The summed E-state index contributed by atoms with van der Waals surface area (Å²) >= 11 is 0. The van der Waals surface area contributed by atoms with Crippen molar-refractivity contribution in [3.05, 3.63) is 65.6 Å². The summed E-state index contributed by atoms with van der Waals surface area (Å²) in [6.07, 6.45) is 6.80. The lowest BCUT2D eigenvalue weighted by atomic mass is 9.70. The van der Waals surface area contributed by atoms with Gasteiger partial charge in [0.15, 0.2) is 5.78 Å². The van der Waals surface area contributed by atoms with Crippen LogP contribution in [-0.2, 0) is 16.8 Å². The smallest absolute Gasteiger partial charge is 0.190 e. The summed E-state index contributed by atoms with van der Waals surface area (Å²) in [4.78, 5) is 27.0. The number of carbonyl (C=O) groups is 2. The van der Waals surface area contributed by atoms with Gasteiger partial charge in [-0.25, -0.2) is 0 Å². The maximum absolute atomic E-state index is 12.5. The molecule has 3 rings (SSSR count). The zero-order valence-electron chi connectivity index (χ0n) is 16.3. The van der Waals surface area contributed by atoms with Gasteiger partial charge in [0.05, 0.1) is 16.7 Å². The number of piperidine rings is 1. The van der Waals surface area contributed by atoms with E-state index in [2.05, 4.69) is 10.00 Å². The zero-order valence-corrected chi connectivity index (χ0v) is 16.3. The first kappa shape index (κ1) is 19.1. The van der Waals surface area contributed by atoms with Gasteiger partial charge in [-0.15, -0.1) is 0 Å². The fourth-order valence-electron chi connectivity index (χ4n) is 3.84. The molecule has 27 heavy (non-hydrogen) atoms. The van der Waals surface area contributed by atoms with Crippen LogP contribution in [0, 0.1) is 6.92 Å². The molecule has 0 unspecified atom stereocenters. The molecule has 5 nitrogen and oxygen atoms in total. The van der Waals surface area contributed by atoms with Crippen LogP contribution >= 0.6 is 0 Å². The Hall–Kier alpha value is -2.69. The average molecular weight is 365 g/mol. The third-order valence-corrected chi connectivity index (χ3v) is 5.62. The number of hydrogen-bond acceptors (Lipinski definition) is 4. The van der Waals surface area contributed by atoms with Crippen molar-refractivity contribution >= 4 is 11.6 Å². The summed E-state index contributed by atoms with van der Waals surface area (Å²) in [6, 6.07) is 10.0. The summed E-state index contributed by atoms with van der Waals surface area (Å²) < 4.78 is 1.78. The van der Waals surface area contributed by atoms with Gasteiger partial charge in [0.1, 0.15) is 5.78 Å². The first-order valence-electron chi connectivity index (χ1n) is 9.53. The molecule has 1 aromatic heterocycles. The maximum Gasteiger partial charge on any atom is 0.190 e. The molecule has 0 atom stereocenters. The van der Waals surface area contributed by atoms with Gasteiger partial charge in [-0.05, 0) is 39.2 Å². The number of benzene rings is 1. The normalized spacial score (nSPS) is 16.6. The highest BCUT2D eigenvalue weighted by Crippen LogP contribution is 2.36. The van der Waals surface area contributed by atoms with E-state index in [4.69, 9.17) is 0 Å². The number of nitrogens with zero attached hydrogens (tertiary/aromatic N) is 3. The van der Waals surface area contributed by atoms with Gasteiger partial charge in [-0.2, -0.15) is 5.10 Å². The summed E-state index contributed by atoms with van der Waals surface area (Å²) in [5.41, 5.74) is 2.09. The highest BCUT2D eigenvalue weighted by atomic mass is 16.1. The van der Waals surface area contributed by atoms with Crippen LogP contribution in [0.15, 0.2) is 48.8 Å². The Labute approximate surface area is 160 Å². The molecule has 1 aliphatic heterocycles. The molecular formula is C22H27N3O2. The van der Waals surface area contributed by atoms with Crippen molar-refractivity contribution in [2.45, 2.75) is 45.6 Å². The zero-order chi connectivity index (χ0) is 19.4. The molecule has 2 heterocycles. The number of aromatic nitrogens is 2. The lowest BCUT2D eigenvalue weighted by Gasteiger charge is -2.40. The van der Waals surface area contributed by atoms with E-state index in [0.29, 0.717) is 5.56 Å². The minimum absolute atomic E-state index is 0.0290. The van der Waals surface area contributed by atoms with Crippen molar-refractivity contribution in [2.24, 2.45) is 0 Å². The highest BCUT2D eigenvalue weighted by molar-refractivity contribution is 6.05. The molecule has 142 valence electrons. The standard InChI is InChI=1S/C22H27N3O2/c1-4-25-16-20(17(2)23-25)21(27)10-13-24-14-11-22(12-15-24,18(3)26)19-8-6-5-7-9-19/h5-10,13,16H,4,11-12,14-15H2,1-3H3/b13-10+. The Kier molecular flexibility index (Phi) is 5.59. The Bertz CT molecular complexity index is 844. The van der Waals surface area contributed by atoms with E-state index in [1.54, 1.807) is 23.9 Å². The van der Waals surface area contributed by atoms with Gasteiger partial charge in [0.2, 0.25) is 0 Å². The molecule has 0 saturated carbocycles. The number of aryl methyl sites for hydroxylation is 2. The Morgan fingerprint density at radius 3 is 2.41 bits per heavy atom. The topological polar surface area (TPSA) is 55.2 Å². The minimum atomic E-state index is -0.408. The molecule has 0 spiro atoms. The van der Waals surface area contributed by atoms with Crippen molar-refractivity contribution in [1.29, 1.82) is 0 Å². The third-order valence-electron chi connectivity index (χ3n) is 5.62. The van der Waals surface area contributed by atoms with E-state index in [1.807, 2.05) is 50.4 Å². The molecule has 2 aromatic rings. The number of ketones is 2. The largest absolute Gasteiger partial charge is 0.377 e. The fourth-order valence-corrected chi connectivity index (χ4v) is 3.84. The van der Waals surface area contributed by atoms with Crippen LogP contribution < -0.4 is 0 Å². The number of Topliss-reactive ketones (excluding diaryl/α,β-unsaturated/α-hetero) is 1. The molecule has 0 aliphatic carbocycles. The van der Waals surface area contributed by atoms with Crippen LogP contribution in [0.3, 0.4) is 0 Å². The van der Waals surface area contributed by atoms with Gasteiger partial charge >= 0.3 is 0 Å². The van der Waals surface area contributed by atoms with Crippen LogP contribution in [0.1, 0.15) is 48.3 Å². The van der Waals surface area contributed by atoms with Gasteiger partial charge in [-0.1, -0.05) is 30.3 Å². The van der Waals surface area contributed by atoms with Gasteiger partial charge < -0.3 is 4.90 Å². The van der Waals surface area contributed by atoms with Crippen LogP contribution in [0.4, 0.5) is 0 Å². The second-order valence-electron chi connectivity index (χ2n) is 7.20. The van der Waals surface area contributed by atoms with Crippen LogP contribution in [0.25, 0.3) is 0 Å². The Morgan fingerprint density at radius 2 is 1.85 bits per heavy atom. The summed E-state index contributed by atoms with van der Waals surface area (Å²) in [5.74, 6) is 0.190. The second-order valence-corrected chi connectivity index (χ2v) is 7.20. The molecule has 0 radical (unpaired) electrons. The van der Waals surface area contributed by atoms with Crippen molar-refractivity contribution in [1.82, 2.24) is 14.7 Å². The van der Waals surface area contributed by atoms with E-state index >= 15 is 0 Å². The lowest BCUT2D eigenvalue weighted by Crippen LogP contribution is -2.44.